The Bertz CT molecular complexity index is 1120. The lowest BCUT2D eigenvalue weighted by molar-refractivity contribution is 0.0663. The van der Waals surface area contributed by atoms with Crippen LogP contribution in [0.4, 0.5) is 5.69 Å². The number of carboxylic acids is 1. The predicted molar refractivity (Wildman–Crippen MR) is 123 cm³/mol. The topological polar surface area (TPSA) is 86.0 Å². The first-order valence-corrected chi connectivity index (χ1v) is 10.7. The van der Waals surface area contributed by atoms with Crippen molar-refractivity contribution in [2.45, 2.75) is 6.54 Å². The highest BCUT2D eigenvalue weighted by molar-refractivity contribution is 6.30. The van der Waals surface area contributed by atoms with Gasteiger partial charge < -0.3 is 24.6 Å². The number of rotatable bonds is 6. The zero-order chi connectivity index (χ0) is 22.7. The second-order valence-corrected chi connectivity index (χ2v) is 8.21. The van der Waals surface area contributed by atoms with Gasteiger partial charge in [-0.1, -0.05) is 35.9 Å². The van der Waals surface area contributed by atoms with Gasteiger partial charge >= 0.3 is 5.97 Å². The molecule has 0 aliphatic carbocycles. The van der Waals surface area contributed by atoms with Gasteiger partial charge in [0.05, 0.1) is 5.56 Å². The van der Waals surface area contributed by atoms with E-state index in [1.807, 2.05) is 36.4 Å². The Balaban J connectivity index is 1.65. The second-order valence-electron chi connectivity index (χ2n) is 7.78. The van der Waals surface area contributed by atoms with Gasteiger partial charge in [-0.05, 0) is 36.9 Å². The molecule has 0 spiro atoms. The fourth-order valence-electron chi connectivity index (χ4n) is 3.73. The molecular weight excluding hydrogens is 430 g/mol. The van der Waals surface area contributed by atoms with Crippen LogP contribution in [0.5, 0.6) is 0 Å². The van der Waals surface area contributed by atoms with Gasteiger partial charge in [-0.15, -0.1) is 0 Å². The van der Waals surface area contributed by atoms with Gasteiger partial charge in [0.1, 0.15) is 5.76 Å². The van der Waals surface area contributed by atoms with Gasteiger partial charge in [0.15, 0.2) is 0 Å². The number of amides is 1. The number of carbonyl (C=O) groups is 2. The van der Waals surface area contributed by atoms with Crippen molar-refractivity contribution < 1.29 is 19.1 Å². The van der Waals surface area contributed by atoms with Gasteiger partial charge in [0, 0.05) is 55.1 Å². The summed E-state index contributed by atoms with van der Waals surface area (Å²) in [4.78, 5) is 29.1. The number of carbonyl (C=O) groups excluding carboxylic acids is 1. The summed E-state index contributed by atoms with van der Waals surface area (Å²) in [6.45, 7) is 3.78. The van der Waals surface area contributed by atoms with Crippen molar-refractivity contribution >= 4 is 29.2 Å². The molecule has 8 heteroatoms. The van der Waals surface area contributed by atoms with E-state index in [9.17, 15) is 14.7 Å². The summed E-state index contributed by atoms with van der Waals surface area (Å²) in [6, 6.07) is 16.0. The molecule has 1 aliphatic rings. The average Bonchev–Trinajstić information content (AvgIpc) is 3.25. The number of hydrogen-bond acceptors (Lipinski definition) is 5. The first-order valence-electron chi connectivity index (χ1n) is 10.3. The van der Waals surface area contributed by atoms with Crippen molar-refractivity contribution in [1.82, 2.24) is 10.2 Å². The molecule has 0 atom stereocenters. The highest BCUT2D eigenvalue weighted by atomic mass is 35.5. The van der Waals surface area contributed by atoms with Gasteiger partial charge in [-0.3, -0.25) is 4.79 Å². The molecule has 0 unspecified atom stereocenters. The number of para-hydroxylation sites is 1. The zero-order valence-electron chi connectivity index (χ0n) is 17.7. The van der Waals surface area contributed by atoms with E-state index in [4.69, 9.17) is 16.0 Å². The maximum atomic E-state index is 13.0. The number of furan rings is 1. The number of aromatic carboxylic acids is 1. The summed E-state index contributed by atoms with van der Waals surface area (Å²) in [6.07, 6.45) is 0. The molecule has 1 saturated heterocycles. The Labute approximate surface area is 191 Å². The monoisotopic (exact) mass is 453 g/mol. The third-order valence-electron chi connectivity index (χ3n) is 5.55. The van der Waals surface area contributed by atoms with E-state index in [0.717, 1.165) is 37.4 Å². The van der Waals surface area contributed by atoms with Crippen molar-refractivity contribution in [2.75, 3.05) is 38.1 Å². The Kier molecular flexibility index (Phi) is 6.48. The van der Waals surface area contributed by atoms with Crippen LogP contribution in [0.1, 0.15) is 26.5 Å². The summed E-state index contributed by atoms with van der Waals surface area (Å²) in [7, 11) is 2.08. The number of likely N-dealkylation sites (N-methyl/N-ethyl adjacent to an activating group) is 1. The number of benzene rings is 2. The Hall–Kier alpha value is -3.29. The molecule has 0 bridgehead atoms. The third-order valence-corrected chi connectivity index (χ3v) is 5.80. The van der Waals surface area contributed by atoms with E-state index in [1.165, 1.54) is 6.07 Å². The van der Waals surface area contributed by atoms with Crippen LogP contribution in [-0.4, -0.2) is 55.1 Å². The molecule has 2 N–H and O–H groups in total. The Morgan fingerprint density at radius 2 is 1.75 bits per heavy atom. The number of piperazine rings is 1. The zero-order valence-corrected chi connectivity index (χ0v) is 18.4. The number of carboxylic acid groups (broad SMARTS) is 1. The molecule has 1 amide bonds. The summed E-state index contributed by atoms with van der Waals surface area (Å²) in [5.41, 5.74) is 2.68. The van der Waals surface area contributed by atoms with Gasteiger partial charge in [-0.25, -0.2) is 4.79 Å². The molecule has 1 fully saturated rings. The predicted octanol–water partition coefficient (Wildman–Crippen LogP) is 3.98. The minimum atomic E-state index is -1.22. The summed E-state index contributed by atoms with van der Waals surface area (Å²) >= 11 is 5.92. The van der Waals surface area contributed by atoms with E-state index in [-0.39, 0.29) is 23.6 Å². The van der Waals surface area contributed by atoms with E-state index in [2.05, 4.69) is 22.2 Å². The molecule has 2 heterocycles. The van der Waals surface area contributed by atoms with Crippen molar-refractivity contribution in [3.63, 3.8) is 0 Å². The normalized spacial score (nSPS) is 14.4. The van der Waals surface area contributed by atoms with E-state index >= 15 is 0 Å². The summed E-state index contributed by atoms with van der Waals surface area (Å²) < 4.78 is 5.69. The minimum Gasteiger partial charge on any atom is -0.475 e. The van der Waals surface area contributed by atoms with Crippen LogP contribution in [0.3, 0.4) is 0 Å². The molecular formula is C24H24ClN3O4. The number of anilines is 1. The van der Waals surface area contributed by atoms with E-state index in [0.29, 0.717) is 10.6 Å². The summed E-state index contributed by atoms with van der Waals surface area (Å²) in [5, 5.41) is 12.9. The number of halogens is 1. The van der Waals surface area contributed by atoms with Crippen LogP contribution in [0, 0.1) is 0 Å². The lowest BCUT2D eigenvalue weighted by Gasteiger charge is -2.35. The number of hydrogen-bond donors (Lipinski definition) is 2. The first kappa shape index (κ1) is 21.9. The third kappa shape index (κ3) is 4.79. The van der Waals surface area contributed by atoms with Crippen LogP contribution >= 0.6 is 11.6 Å². The molecule has 3 aromatic rings. The van der Waals surface area contributed by atoms with E-state index < -0.39 is 11.9 Å². The first-order chi connectivity index (χ1) is 15.4. The Morgan fingerprint density at radius 3 is 2.44 bits per heavy atom. The molecule has 1 aromatic heterocycles. The van der Waals surface area contributed by atoms with Crippen LogP contribution in [0.15, 0.2) is 59.0 Å². The SMILES string of the molecule is CN1CCN(c2ccccc2-c2oc(C(=O)O)cc2C(=O)NCc2ccc(Cl)cc2)CC1. The summed E-state index contributed by atoms with van der Waals surface area (Å²) in [5.74, 6) is -1.64. The maximum Gasteiger partial charge on any atom is 0.371 e. The average molecular weight is 454 g/mol. The van der Waals surface area contributed by atoms with E-state index in [1.54, 1.807) is 12.1 Å². The molecule has 0 saturated carbocycles. The molecule has 7 nitrogen and oxygen atoms in total. The highest BCUT2D eigenvalue weighted by Gasteiger charge is 2.26. The fourth-order valence-corrected chi connectivity index (χ4v) is 3.86. The largest absolute Gasteiger partial charge is 0.475 e. The van der Waals surface area contributed by atoms with Gasteiger partial charge in [0.25, 0.3) is 5.91 Å². The van der Waals surface area contributed by atoms with Crippen molar-refractivity contribution in [1.29, 1.82) is 0 Å². The van der Waals surface area contributed by atoms with Crippen molar-refractivity contribution in [3.05, 3.63) is 76.5 Å². The highest BCUT2D eigenvalue weighted by Crippen LogP contribution is 2.35. The van der Waals surface area contributed by atoms with Crippen LogP contribution in [-0.2, 0) is 6.54 Å². The Morgan fingerprint density at radius 1 is 1.06 bits per heavy atom. The molecule has 32 heavy (non-hydrogen) atoms. The van der Waals surface area contributed by atoms with Crippen LogP contribution in [0.25, 0.3) is 11.3 Å². The molecule has 4 rings (SSSR count). The lowest BCUT2D eigenvalue weighted by Crippen LogP contribution is -2.44. The fraction of sp³-hybridized carbons (Fsp3) is 0.250. The van der Waals surface area contributed by atoms with Crippen LogP contribution < -0.4 is 10.2 Å². The molecule has 166 valence electrons. The lowest BCUT2D eigenvalue weighted by atomic mass is 10.0. The number of nitrogens with zero attached hydrogens (tertiary/aromatic N) is 2. The van der Waals surface area contributed by atoms with Crippen molar-refractivity contribution in [3.8, 4) is 11.3 Å². The van der Waals surface area contributed by atoms with Gasteiger partial charge in [-0.2, -0.15) is 0 Å². The number of nitrogens with one attached hydrogen (secondary N) is 1. The minimum absolute atomic E-state index is 0.193. The molecule has 2 aromatic carbocycles. The molecule has 0 radical (unpaired) electrons. The smallest absolute Gasteiger partial charge is 0.371 e. The van der Waals surface area contributed by atoms with Crippen LogP contribution in [0.2, 0.25) is 5.02 Å². The maximum absolute atomic E-state index is 13.0. The van der Waals surface area contributed by atoms with Crippen molar-refractivity contribution in [2.24, 2.45) is 0 Å². The molecule has 1 aliphatic heterocycles. The second kappa shape index (κ2) is 9.46. The quantitative estimate of drug-likeness (QED) is 0.587. The van der Waals surface area contributed by atoms with Gasteiger partial charge in [0.2, 0.25) is 5.76 Å². The standard InChI is InChI=1S/C24H24ClN3O4/c1-27-10-12-28(13-11-27)20-5-3-2-4-18(20)22-19(14-21(32-22)24(30)31)23(29)26-15-16-6-8-17(25)9-7-16/h2-9,14H,10-13,15H2,1H3,(H,26,29)(H,30,31).